The number of hydrogen-bond acceptors (Lipinski definition) is 8. The number of sulfonamides is 1. The smallest absolute Gasteiger partial charge is 0.293 e. The molecule has 9 rings (SSSR count). The van der Waals surface area contributed by atoms with E-state index in [4.69, 9.17) is 21.6 Å². The third-order valence-electron chi connectivity index (χ3n) is 11.5. The van der Waals surface area contributed by atoms with Crippen molar-refractivity contribution in [3.8, 4) is 16.9 Å². The van der Waals surface area contributed by atoms with E-state index in [1.54, 1.807) is 18.2 Å². The van der Waals surface area contributed by atoms with Crippen LogP contribution in [0.25, 0.3) is 38.8 Å². The zero-order valence-electron chi connectivity index (χ0n) is 34.2. The average molecular weight is 924 g/mol. The minimum absolute atomic E-state index is 0.00355. The number of halogens is 7. The summed E-state index contributed by atoms with van der Waals surface area (Å²) < 4.78 is 119. The SMILES string of the molecule is CC(C)c1cccc(-c2ccc3c(=O)n(-c4ccc(Cl)c5c(NS(C)(=O)=O)nn(C)c45)c([C@H](Cc4cc(F)cc(F)c4)NC(=O)Cn4nc(C(F)F)c5c4C(F)(F)[C@@H]4C[C@H]54)nc3c2)n1. The van der Waals surface area contributed by atoms with Crippen molar-refractivity contribution in [2.24, 2.45) is 13.0 Å². The van der Waals surface area contributed by atoms with Crippen molar-refractivity contribution in [2.75, 3.05) is 11.0 Å². The van der Waals surface area contributed by atoms with Crippen molar-refractivity contribution in [3.05, 3.63) is 128 Å². The zero-order chi connectivity index (χ0) is 45.7. The van der Waals surface area contributed by atoms with Crippen molar-refractivity contribution < 1.29 is 39.6 Å². The van der Waals surface area contributed by atoms with Gasteiger partial charge in [0.05, 0.1) is 50.5 Å². The topological polar surface area (TPSA) is 159 Å². The van der Waals surface area contributed by atoms with Gasteiger partial charge in [0, 0.05) is 42.3 Å². The van der Waals surface area contributed by atoms with Crippen molar-refractivity contribution in [2.45, 2.75) is 63.5 Å². The van der Waals surface area contributed by atoms with Gasteiger partial charge in [0.15, 0.2) is 5.82 Å². The van der Waals surface area contributed by atoms with E-state index in [9.17, 15) is 30.8 Å². The molecule has 332 valence electrons. The monoisotopic (exact) mass is 923 g/mol. The Bertz CT molecular complexity index is 3240. The number of benzene rings is 3. The molecule has 0 radical (unpaired) electrons. The lowest BCUT2D eigenvalue weighted by Gasteiger charge is -2.24. The van der Waals surface area contributed by atoms with Crippen LogP contribution in [0.4, 0.5) is 32.2 Å². The van der Waals surface area contributed by atoms with Crippen LogP contribution in [0, 0.1) is 17.6 Å². The molecule has 21 heteroatoms. The minimum atomic E-state index is -3.91. The van der Waals surface area contributed by atoms with Crippen LogP contribution in [0.15, 0.2) is 71.5 Å². The number of anilines is 1. The van der Waals surface area contributed by atoms with E-state index < -0.39 is 87.7 Å². The predicted octanol–water partition coefficient (Wildman–Crippen LogP) is 8.20. The van der Waals surface area contributed by atoms with Crippen molar-refractivity contribution in [1.82, 2.24) is 39.4 Å². The molecule has 0 saturated heterocycles. The fraction of sp³-hybridized carbons (Fsp3) is 0.302. The second-order valence-electron chi connectivity index (χ2n) is 16.4. The summed E-state index contributed by atoms with van der Waals surface area (Å²) in [6.45, 7) is 2.97. The normalized spacial score (nSPS) is 17.0. The lowest BCUT2D eigenvalue weighted by Crippen LogP contribution is -2.38. The first-order valence-electron chi connectivity index (χ1n) is 19.9. The summed E-state index contributed by atoms with van der Waals surface area (Å²) in [5.41, 5.74) is -0.556. The number of hydrogen-bond donors (Lipinski definition) is 2. The number of alkyl halides is 4. The van der Waals surface area contributed by atoms with Gasteiger partial charge in [-0.2, -0.15) is 19.0 Å². The van der Waals surface area contributed by atoms with Crippen LogP contribution in [-0.2, 0) is 40.8 Å². The summed E-state index contributed by atoms with van der Waals surface area (Å²) in [4.78, 5) is 39.0. The van der Waals surface area contributed by atoms with Crippen LogP contribution in [0.2, 0.25) is 5.02 Å². The van der Waals surface area contributed by atoms with Crippen LogP contribution in [-0.4, -0.2) is 54.7 Å². The van der Waals surface area contributed by atoms with Crippen LogP contribution in [0.5, 0.6) is 0 Å². The number of aryl methyl sites for hydroxylation is 1. The van der Waals surface area contributed by atoms with E-state index in [0.717, 1.165) is 28.6 Å². The molecule has 1 amide bonds. The lowest BCUT2D eigenvalue weighted by molar-refractivity contribution is -0.123. The average Bonchev–Trinajstić information content (AvgIpc) is 3.75. The maximum atomic E-state index is 15.6. The van der Waals surface area contributed by atoms with Crippen LogP contribution in [0.1, 0.15) is 78.6 Å². The number of carbonyl (C=O) groups is 1. The van der Waals surface area contributed by atoms with E-state index in [-0.39, 0.29) is 67.6 Å². The molecule has 4 heterocycles. The van der Waals surface area contributed by atoms with Crippen molar-refractivity contribution in [1.29, 1.82) is 0 Å². The molecule has 1 fully saturated rings. The fourth-order valence-corrected chi connectivity index (χ4v) is 9.41. The molecule has 1 saturated carbocycles. The Hall–Kier alpha value is -6.28. The van der Waals surface area contributed by atoms with Crippen molar-refractivity contribution >= 4 is 55.2 Å². The highest BCUT2D eigenvalue weighted by atomic mass is 35.5. The summed E-state index contributed by atoms with van der Waals surface area (Å²) >= 11 is 6.65. The van der Waals surface area contributed by atoms with Gasteiger partial charge < -0.3 is 5.32 Å². The number of amides is 1. The first kappa shape index (κ1) is 43.0. The molecule has 0 aliphatic heterocycles. The number of carbonyl (C=O) groups excluding carboxylic acids is 1. The summed E-state index contributed by atoms with van der Waals surface area (Å²) in [5, 5.41) is 10.9. The number of fused-ring (bicyclic) bond motifs is 5. The Kier molecular flexibility index (Phi) is 10.4. The van der Waals surface area contributed by atoms with E-state index in [1.807, 2.05) is 26.0 Å². The number of rotatable bonds is 12. The summed E-state index contributed by atoms with van der Waals surface area (Å²) in [7, 11) is -2.45. The van der Waals surface area contributed by atoms with E-state index in [2.05, 4.69) is 20.2 Å². The van der Waals surface area contributed by atoms with Gasteiger partial charge in [0.25, 0.3) is 17.9 Å². The third kappa shape index (κ3) is 7.54. The van der Waals surface area contributed by atoms with E-state index in [1.165, 1.54) is 29.9 Å². The van der Waals surface area contributed by atoms with Gasteiger partial charge in [-0.3, -0.25) is 33.2 Å². The Balaban J connectivity index is 1.26. The number of pyridine rings is 1. The molecule has 2 aliphatic carbocycles. The Morgan fingerprint density at radius 1 is 1.00 bits per heavy atom. The van der Waals surface area contributed by atoms with E-state index >= 15 is 13.6 Å². The van der Waals surface area contributed by atoms with Gasteiger partial charge in [-0.15, -0.1) is 0 Å². The Morgan fingerprint density at radius 2 is 1.73 bits per heavy atom. The highest BCUT2D eigenvalue weighted by molar-refractivity contribution is 7.92. The first-order chi connectivity index (χ1) is 30.2. The highest BCUT2D eigenvalue weighted by Crippen LogP contribution is 2.68. The largest absolute Gasteiger partial charge is 0.344 e. The molecular formula is C43H36ClF6N9O4S. The second-order valence-corrected chi connectivity index (χ2v) is 18.5. The standard InChI is InChI=1S/C43H36ClF6N9O4S/c1-19(2)28-6-5-7-29(51-28)21-8-9-24-30(15-21)53-41(59(42(24)61)32-11-10-27(44)35-37(32)57(3)55-40(35)56-64(4,62)63)31(14-20-12-22(45)16-23(46)13-20)52-33(60)18-58-38-34(36(54-58)39(47)48)25-17-26(25)43(38,49)50/h5-13,15-16,19,25-26,31,39H,14,17-18H2,1-4H3,(H,52,60)(H,55,56)/t25-,26+,31-/m0/s1. The molecule has 3 atom stereocenters. The molecule has 13 nitrogen and oxygen atoms in total. The number of nitrogens with zero attached hydrogens (tertiary/aromatic N) is 7. The second kappa shape index (κ2) is 15.5. The Labute approximate surface area is 365 Å². The molecule has 7 aromatic rings. The molecular weight excluding hydrogens is 888 g/mol. The summed E-state index contributed by atoms with van der Waals surface area (Å²) in [6.07, 6.45) is -2.76. The molecule has 0 unspecified atom stereocenters. The molecule has 0 spiro atoms. The first-order valence-corrected chi connectivity index (χ1v) is 22.2. The molecule has 64 heavy (non-hydrogen) atoms. The van der Waals surface area contributed by atoms with Gasteiger partial charge in [-0.1, -0.05) is 37.6 Å². The molecule has 2 N–H and O–H groups in total. The lowest BCUT2D eigenvalue weighted by atomic mass is 10.0. The zero-order valence-corrected chi connectivity index (χ0v) is 35.7. The quantitative estimate of drug-likeness (QED) is 0.116. The minimum Gasteiger partial charge on any atom is -0.344 e. The fourth-order valence-electron chi connectivity index (χ4n) is 8.67. The van der Waals surface area contributed by atoms with Crippen molar-refractivity contribution in [3.63, 3.8) is 0 Å². The van der Waals surface area contributed by atoms with Gasteiger partial charge in [-0.25, -0.2) is 31.0 Å². The molecule has 0 bridgehead atoms. The van der Waals surface area contributed by atoms with Gasteiger partial charge in [0.2, 0.25) is 15.9 Å². The number of aromatic nitrogens is 7. The highest BCUT2D eigenvalue weighted by Gasteiger charge is 2.67. The van der Waals surface area contributed by atoms with Gasteiger partial charge >= 0.3 is 0 Å². The van der Waals surface area contributed by atoms with Crippen LogP contribution in [0.3, 0.4) is 0 Å². The maximum absolute atomic E-state index is 15.6. The summed E-state index contributed by atoms with van der Waals surface area (Å²) in [6, 6.07) is 14.1. The van der Waals surface area contributed by atoms with Crippen LogP contribution < -0.4 is 15.6 Å². The molecule has 3 aromatic carbocycles. The molecule has 4 aromatic heterocycles. The maximum Gasteiger partial charge on any atom is 0.293 e. The third-order valence-corrected chi connectivity index (χ3v) is 12.3. The Morgan fingerprint density at radius 3 is 2.42 bits per heavy atom. The predicted molar refractivity (Wildman–Crippen MR) is 225 cm³/mol. The number of nitrogens with one attached hydrogen (secondary N) is 2. The van der Waals surface area contributed by atoms with Gasteiger partial charge in [0.1, 0.15) is 35.4 Å². The molecule has 2 aliphatic rings. The van der Waals surface area contributed by atoms with E-state index in [0.29, 0.717) is 22.0 Å². The van der Waals surface area contributed by atoms with Crippen LogP contribution >= 0.6 is 11.6 Å². The van der Waals surface area contributed by atoms with Gasteiger partial charge in [-0.05, 0) is 72.4 Å². The summed E-state index contributed by atoms with van der Waals surface area (Å²) in [5.74, 6) is -8.93.